The molecule has 5 heteroatoms. The van der Waals surface area contributed by atoms with Gasteiger partial charge in [0.25, 0.3) is 0 Å². The number of nitrogens with one attached hydrogen (secondary N) is 1. The van der Waals surface area contributed by atoms with Crippen LogP contribution < -0.4 is 15.2 Å². The summed E-state index contributed by atoms with van der Waals surface area (Å²) in [6, 6.07) is 5.83. The number of hydrogen-bond donors (Lipinski definition) is 2. The van der Waals surface area contributed by atoms with E-state index >= 15 is 0 Å². The smallest absolute Gasteiger partial charge is 0.198 e. The van der Waals surface area contributed by atoms with Crippen molar-refractivity contribution in [1.82, 2.24) is 9.97 Å². The van der Waals surface area contributed by atoms with Gasteiger partial charge in [0, 0.05) is 17.7 Å². The van der Waals surface area contributed by atoms with Gasteiger partial charge in [0.2, 0.25) is 0 Å². The zero-order chi connectivity index (χ0) is 12.5. The molecule has 0 radical (unpaired) electrons. The fourth-order valence-electron chi connectivity index (χ4n) is 2.08. The molecular weight excluding hydrogens is 230 g/mol. The molecule has 2 heterocycles. The second-order valence-electron chi connectivity index (χ2n) is 4.31. The predicted octanol–water partition coefficient (Wildman–Crippen LogP) is 2.13. The van der Waals surface area contributed by atoms with Gasteiger partial charge in [-0.25, -0.2) is 4.98 Å². The van der Waals surface area contributed by atoms with Crippen molar-refractivity contribution >= 4 is 5.95 Å². The van der Waals surface area contributed by atoms with Crippen molar-refractivity contribution in [2.75, 3.05) is 18.9 Å². The van der Waals surface area contributed by atoms with E-state index in [9.17, 15) is 0 Å². The Balaban J connectivity index is 2.04. The first-order valence-corrected chi connectivity index (χ1v) is 5.96. The first kappa shape index (κ1) is 11.0. The summed E-state index contributed by atoms with van der Waals surface area (Å²) in [5, 5.41) is 0. The summed E-state index contributed by atoms with van der Waals surface area (Å²) in [5.41, 5.74) is 8.43. The summed E-state index contributed by atoms with van der Waals surface area (Å²) in [4.78, 5) is 7.27. The molecule has 0 saturated carbocycles. The van der Waals surface area contributed by atoms with Gasteiger partial charge >= 0.3 is 0 Å². The summed E-state index contributed by atoms with van der Waals surface area (Å²) >= 11 is 0. The van der Waals surface area contributed by atoms with E-state index in [0.29, 0.717) is 19.2 Å². The second-order valence-corrected chi connectivity index (χ2v) is 4.31. The number of hydrogen-bond acceptors (Lipinski definition) is 4. The summed E-state index contributed by atoms with van der Waals surface area (Å²) in [7, 11) is 0. The van der Waals surface area contributed by atoms with Gasteiger partial charge in [-0.1, -0.05) is 0 Å². The van der Waals surface area contributed by atoms with Gasteiger partial charge in [-0.2, -0.15) is 0 Å². The van der Waals surface area contributed by atoms with Crippen LogP contribution in [0.4, 0.5) is 5.95 Å². The molecule has 0 bridgehead atoms. The Morgan fingerprint density at radius 1 is 1.22 bits per heavy atom. The number of H-pyrrole nitrogens is 1. The lowest BCUT2D eigenvalue weighted by molar-refractivity contribution is 0.297. The molecule has 3 rings (SSSR count). The Labute approximate surface area is 105 Å². The van der Waals surface area contributed by atoms with E-state index in [4.69, 9.17) is 15.2 Å². The van der Waals surface area contributed by atoms with Crippen LogP contribution in [0.15, 0.2) is 18.2 Å². The van der Waals surface area contributed by atoms with E-state index in [-0.39, 0.29) is 0 Å². The molecule has 0 atom stereocenters. The maximum Gasteiger partial charge on any atom is 0.198 e. The minimum absolute atomic E-state index is 0.426. The molecule has 1 aromatic carbocycles. The third-order valence-electron chi connectivity index (χ3n) is 2.92. The normalized spacial score (nSPS) is 14.3. The molecule has 5 nitrogen and oxygen atoms in total. The van der Waals surface area contributed by atoms with Gasteiger partial charge < -0.3 is 20.2 Å². The number of benzene rings is 1. The van der Waals surface area contributed by atoms with Crippen LogP contribution in [0.5, 0.6) is 11.5 Å². The van der Waals surface area contributed by atoms with E-state index in [1.165, 1.54) is 0 Å². The average Bonchev–Trinajstić information content (AvgIpc) is 2.58. The predicted molar refractivity (Wildman–Crippen MR) is 68.8 cm³/mol. The number of nitrogen functional groups attached to an aromatic ring is 1. The summed E-state index contributed by atoms with van der Waals surface area (Å²) in [6.45, 7) is 3.32. The third-order valence-corrected chi connectivity index (χ3v) is 2.92. The quantitative estimate of drug-likeness (QED) is 0.807. The van der Waals surface area contributed by atoms with Crippen LogP contribution in [0.25, 0.3) is 11.3 Å². The molecule has 0 spiro atoms. The molecule has 3 N–H and O–H groups in total. The van der Waals surface area contributed by atoms with Crippen LogP contribution >= 0.6 is 0 Å². The standard InChI is InChI=1S/C13H15N3O2/c1-8-12(16-13(14)15-8)9-3-4-10-11(7-9)18-6-2-5-17-10/h3-4,7H,2,5-6H2,1H3,(H3,14,15,16). The van der Waals surface area contributed by atoms with E-state index in [2.05, 4.69) is 9.97 Å². The Kier molecular flexibility index (Phi) is 2.59. The zero-order valence-electron chi connectivity index (χ0n) is 10.2. The lowest BCUT2D eigenvalue weighted by Crippen LogP contribution is -1.97. The topological polar surface area (TPSA) is 73.2 Å². The van der Waals surface area contributed by atoms with E-state index in [1.807, 2.05) is 25.1 Å². The number of aryl methyl sites for hydroxylation is 1. The van der Waals surface area contributed by atoms with Crippen molar-refractivity contribution in [3.8, 4) is 22.8 Å². The summed E-state index contributed by atoms with van der Waals surface area (Å²) < 4.78 is 11.3. The number of rotatable bonds is 1. The monoisotopic (exact) mass is 245 g/mol. The Morgan fingerprint density at radius 3 is 2.72 bits per heavy atom. The Morgan fingerprint density at radius 2 is 2.00 bits per heavy atom. The van der Waals surface area contributed by atoms with Gasteiger partial charge in [-0.15, -0.1) is 0 Å². The van der Waals surface area contributed by atoms with Crippen molar-refractivity contribution < 1.29 is 9.47 Å². The minimum Gasteiger partial charge on any atom is -0.490 e. The highest BCUT2D eigenvalue weighted by Crippen LogP contribution is 2.34. The molecule has 94 valence electrons. The lowest BCUT2D eigenvalue weighted by atomic mass is 10.1. The number of aromatic amines is 1. The molecule has 18 heavy (non-hydrogen) atoms. The van der Waals surface area contributed by atoms with Crippen LogP contribution in [-0.4, -0.2) is 23.2 Å². The maximum absolute atomic E-state index is 5.66. The van der Waals surface area contributed by atoms with Crippen molar-refractivity contribution in [2.45, 2.75) is 13.3 Å². The van der Waals surface area contributed by atoms with Crippen molar-refractivity contribution in [3.63, 3.8) is 0 Å². The largest absolute Gasteiger partial charge is 0.490 e. The number of anilines is 1. The molecule has 1 aromatic heterocycles. The molecule has 0 saturated heterocycles. The highest BCUT2D eigenvalue weighted by Gasteiger charge is 2.14. The first-order chi connectivity index (χ1) is 8.74. The average molecular weight is 245 g/mol. The van der Waals surface area contributed by atoms with Crippen molar-refractivity contribution in [2.24, 2.45) is 0 Å². The highest BCUT2D eigenvalue weighted by molar-refractivity contribution is 5.67. The van der Waals surface area contributed by atoms with Crippen LogP contribution in [-0.2, 0) is 0 Å². The third kappa shape index (κ3) is 1.88. The van der Waals surface area contributed by atoms with Gasteiger partial charge in [0.05, 0.1) is 18.9 Å². The Bertz CT molecular complexity index is 578. The SMILES string of the molecule is Cc1[nH]c(N)nc1-c1ccc2c(c1)OCCCO2. The molecule has 0 fully saturated rings. The molecule has 1 aliphatic rings. The van der Waals surface area contributed by atoms with Crippen molar-refractivity contribution in [3.05, 3.63) is 23.9 Å². The van der Waals surface area contributed by atoms with Crippen molar-refractivity contribution in [1.29, 1.82) is 0 Å². The van der Waals surface area contributed by atoms with Crippen LogP contribution in [0, 0.1) is 6.92 Å². The van der Waals surface area contributed by atoms with Gasteiger partial charge in [-0.3, -0.25) is 0 Å². The fourth-order valence-corrected chi connectivity index (χ4v) is 2.08. The molecule has 0 amide bonds. The van der Waals surface area contributed by atoms with Crippen LogP contribution in [0.1, 0.15) is 12.1 Å². The highest BCUT2D eigenvalue weighted by atomic mass is 16.5. The second kappa shape index (κ2) is 4.25. The van der Waals surface area contributed by atoms with E-state index in [1.54, 1.807) is 0 Å². The fraction of sp³-hybridized carbons (Fsp3) is 0.308. The molecule has 2 aromatic rings. The number of ether oxygens (including phenoxy) is 2. The number of nitrogens with two attached hydrogens (primary N) is 1. The van der Waals surface area contributed by atoms with Gasteiger partial charge in [0.1, 0.15) is 0 Å². The first-order valence-electron chi connectivity index (χ1n) is 5.96. The van der Waals surface area contributed by atoms with Gasteiger partial charge in [0.15, 0.2) is 17.4 Å². The van der Waals surface area contributed by atoms with Crippen LogP contribution in [0.2, 0.25) is 0 Å². The van der Waals surface area contributed by atoms with Crippen LogP contribution in [0.3, 0.4) is 0 Å². The molecule has 0 unspecified atom stereocenters. The van der Waals surface area contributed by atoms with E-state index in [0.717, 1.165) is 34.9 Å². The number of nitrogens with zero attached hydrogens (tertiary/aromatic N) is 1. The molecule has 1 aliphatic heterocycles. The molecule has 0 aliphatic carbocycles. The van der Waals surface area contributed by atoms with Gasteiger partial charge in [-0.05, 0) is 25.1 Å². The number of fused-ring (bicyclic) bond motifs is 1. The maximum atomic E-state index is 5.66. The Hall–Kier alpha value is -2.17. The summed E-state index contributed by atoms with van der Waals surface area (Å²) in [6.07, 6.45) is 0.901. The number of imidazole rings is 1. The minimum atomic E-state index is 0.426. The zero-order valence-corrected chi connectivity index (χ0v) is 10.2. The lowest BCUT2D eigenvalue weighted by Gasteiger charge is -2.08. The molecular formula is C13H15N3O2. The van der Waals surface area contributed by atoms with E-state index < -0.39 is 0 Å². The number of aromatic nitrogens is 2. The summed E-state index contributed by atoms with van der Waals surface area (Å²) in [5.74, 6) is 1.98.